The lowest BCUT2D eigenvalue weighted by Gasteiger charge is -2.12. The van der Waals surface area contributed by atoms with Gasteiger partial charge in [0, 0.05) is 16.6 Å². The van der Waals surface area contributed by atoms with Gasteiger partial charge in [-0.3, -0.25) is 4.79 Å². The van der Waals surface area contributed by atoms with Gasteiger partial charge in [0.2, 0.25) is 0 Å². The van der Waals surface area contributed by atoms with Crippen LogP contribution in [-0.2, 0) is 6.42 Å². The Morgan fingerprint density at radius 1 is 1.17 bits per heavy atom. The summed E-state index contributed by atoms with van der Waals surface area (Å²) < 4.78 is 5.73. The van der Waals surface area contributed by atoms with Crippen LogP contribution in [-0.4, -0.2) is 5.91 Å². The zero-order valence-corrected chi connectivity index (χ0v) is 14.1. The van der Waals surface area contributed by atoms with Gasteiger partial charge in [0.15, 0.2) is 11.3 Å². The molecule has 1 aromatic heterocycles. The molecule has 0 aliphatic carbocycles. The highest BCUT2D eigenvalue weighted by molar-refractivity contribution is 6.35. The van der Waals surface area contributed by atoms with E-state index in [1.54, 1.807) is 6.07 Å². The van der Waals surface area contributed by atoms with Crippen LogP contribution in [0.25, 0.3) is 11.0 Å². The van der Waals surface area contributed by atoms with Gasteiger partial charge in [-0.25, -0.2) is 0 Å². The maximum absolute atomic E-state index is 12.7. The number of fused-ring (bicyclic) bond motifs is 1. The molecule has 0 saturated carbocycles. The van der Waals surface area contributed by atoms with Crippen molar-refractivity contribution in [3.8, 4) is 0 Å². The first-order chi connectivity index (χ1) is 11.0. The van der Waals surface area contributed by atoms with Crippen LogP contribution in [0.1, 0.15) is 34.2 Å². The number of carbonyl (C=O) groups is 1. The summed E-state index contributed by atoms with van der Waals surface area (Å²) in [5.41, 5.74) is 4.34. The molecule has 23 heavy (non-hydrogen) atoms. The molecule has 0 radical (unpaired) electrons. The van der Waals surface area contributed by atoms with E-state index < -0.39 is 0 Å². The maximum Gasteiger partial charge on any atom is 0.291 e. The number of hydrogen-bond donors (Lipinski definition) is 1. The fourth-order valence-corrected chi connectivity index (χ4v) is 3.01. The summed E-state index contributed by atoms with van der Waals surface area (Å²) in [5, 5.41) is 4.36. The number of rotatable bonds is 3. The van der Waals surface area contributed by atoms with Gasteiger partial charge in [-0.2, -0.15) is 0 Å². The monoisotopic (exact) mass is 327 g/mol. The van der Waals surface area contributed by atoms with Crippen molar-refractivity contribution in [3.63, 3.8) is 0 Å². The third-order valence-electron chi connectivity index (χ3n) is 4.10. The molecular weight excluding hydrogens is 310 g/mol. The minimum absolute atomic E-state index is 0.251. The first kappa shape index (κ1) is 15.6. The molecule has 4 heteroatoms. The number of benzene rings is 2. The molecule has 0 bridgehead atoms. The first-order valence-corrected chi connectivity index (χ1v) is 7.98. The molecule has 0 fully saturated rings. The molecule has 3 aromatic rings. The molecule has 0 unspecified atom stereocenters. The van der Waals surface area contributed by atoms with E-state index in [1.165, 1.54) is 0 Å². The number of halogens is 1. The van der Waals surface area contributed by atoms with Crippen molar-refractivity contribution in [2.45, 2.75) is 27.2 Å². The maximum atomic E-state index is 12.7. The number of para-hydroxylation sites is 2. The third-order valence-corrected chi connectivity index (χ3v) is 4.40. The number of hydrogen-bond acceptors (Lipinski definition) is 2. The lowest BCUT2D eigenvalue weighted by atomic mass is 10.1. The van der Waals surface area contributed by atoms with Crippen molar-refractivity contribution < 1.29 is 9.21 Å². The molecule has 2 aromatic carbocycles. The highest BCUT2D eigenvalue weighted by Crippen LogP contribution is 2.31. The number of nitrogens with one attached hydrogen (secondary N) is 1. The van der Waals surface area contributed by atoms with Crippen molar-refractivity contribution in [2.75, 3.05) is 5.32 Å². The van der Waals surface area contributed by atoms with Crippen LogP contribution in [0.3, 0.4) is 0 Å². The fraction of sp³-hybridized carbons (Fsp3) is 0.211. The van der Waals surface area contributed by atoms with Gasteiger partial charge in [0.1, 0.15) is 0 Å². The molecule has 1 N–H and O–H groups in total. The molecule has 0 atom stereocenters. The van der Waals surface area contributed by atoms with Gasteiger partial charge in [-0.15, -0.1) is 0 Å². The lowest BCUT2D eigenvalue weighted by molar-refractivity contribution is 0.0997. The van der Waals surface area contributed by atoms with Gasteiger partial charge in [0.25, 0.3) is 5.91 Å². The van der Waals surface area contributed by atoms with E-state index in [9.17, 15) is 4.79 Å². The third kappa shape index (κ3) is 2.73. The Kier molecular flexibility index (Phi) is 4.14. The van der Waals surface area contributed by atoms with E-state index in [2.05, 4.69) is 12.2 Å². The second-order valence-corrected chi connectivity index (χ2v) is 6.00. The highest BCUT2D eigenvalue weighted by atomic mass is 35.5. The Morgan fingerprint density at radius 2 is 1.91 bits per heavy atom. The van der Waals surface area contributed by atoms with Crippen LogP contribution in [0.5, 0.6) is 0 Å². The molecule has 0 saturated heterocycles. The van der Waals surface area contributed by atoms with Crippen LogP contribution >= 0.6 is 11.6 Å². The van der Waals surface area contributed by atoms with E-state index >= 15 is 0 Å². The topological polar surface area (TPSA) is 42.2 Å². The molecule has 0 aliphatic heterocycles. The average molecular weight is 328 g/mol. The second kappa shape index (κ2) is 6.09. The van der Waals surface area contributed by atoms with Gasteiger partial charge < -0.3 is 9.73 Å². The van der Waals surface area contributed by atoms with Crippen molar-refractivity contribution in [1.29, 1.82) is 0 Å². The quantitative estimate of drug-likeness (QED) is 0.688. The Bertz CT molecular complexity index is 896. The van der Waals surface area contributed by atoms with Crippen molar-refractivity contribution in [3.05, 3.63) is 63.9 Å². The SMILES string of the molecule is CCc1cccc(C)c1NC(=O)c1oc2c(Cl)cccc2c1C. The minimum Gasteiger partial charge on any atom is -0.449 e. The number of anilines is 1. The van der Waals surface area contributed by atoms with E-state index in [1.807, 2.05) is 44.2 Å². The van der Waals surface area contributed by atoms with Crippen LogP contribution in [0.2, 0.25) is 5.02 Å². The van der Waals surface area contributed by atoms with Crippen LogP contribution in [0, 0.1) is 13.8 Å². The van der Waals surface area contributed by atoms with Crippen LogP contribution in [0.4, 0.5) is 5.69 Å². The number of carbonyl (C=O) groups excluding carboxylic acids is 1. The second-order valence-electron chi connectivity index (χ2n) is 5.59. The van der Waals surface area contributed by atoms with E-state index in [0.29, 0.717) is 16.4 Å². The highest BCUT2D eigenvalue weighted by Gasteiger charge is 2.20. The Morgan fingerprint density at radius 3 is 2.61 bits per heavy atom. The molecule has 1 amide bonds. The number of aryl methyl sites for hydroxylation is 3. The molecule has 3 rings (SSSR count). The van der Waals surface area contributed by atoms with E-state index in [4.69, 9.17) is 16.0 Å². The molecule has 118 valence electrons. The Hall–Kier alpha value is -2.26. The first-order valence-electron chi connectivity index (χ1n) is 7.60. The van der Waals surface area contributed by atoms with Crippen LogP contribution < -0.4 is 5.32 Å². The number of furan rings is 1. The van der Waals surface area contributed by atoms with Crippen molar-refractivity contribution >= 4 is 34.2 Å². The van der Waals surface area contributed by atoms with Crippen LogP contribution in [0.15, 0.2) is 40.8 Å². The summed E-state index contributed by atoms with van der Waals surface area (Å²) in [6.45, 7) is 5.92. The summed E-state index contributed by atoms with van der Waals surface area (Å²) in [6.07, 6.45) is 0.849. The predicted molar refractivity (Wildman–Crippen MR) is 94.5 cm³/mol. The van der Waals surface area contributed by atoms with Crippen molar-refractivity contribution in [2.24, 2.45) is 0 Å². The molecule has 0 aliphatic rings. The summed E-state index contributed by atoms with van der Waals surface area (Å²) in [6, 6.07) is 11.5. The smallest absolute Gasteiger partial charge is 0.291 e. The zero-order chi connectivity index (χ0) is 16.6. The number of amides is 1. The molecule has 0 spiro atoms. The molecular formula is C19H18ClNO2. The summed E-state index contributed by atoms with van der Waals surface area (Å²) >= 11 is 6.15. The summed E-state index contributed by atoms with van der Waals surface area (Å²) in [5.74, 6) is 0.0529. The van der Waals surface area contributed by atoms with Gasteiger partial charge in [-0.05, 0) is 37.5 Å². The predicted octanol–water partition coefficient (Wildman–Crippen LogP) is 5.52. The van der Waals surface area contributed by atoms with Gasteiger partial charge in [0.05, 0.1) is 5.02 Å². The van der Waals surface area contributed by atoms with Crippen molar-refractivity contribution in [1.82, 2.24) is 0 Å². The van der Waals surface area contributed by atoms with E-state index in [-0.39, 0.29) is 5.91 Å². The Balaban J connectivity index is 2.02. The molecule has 3 nitrogen and oxygen atoms in total. The normalized spacial score (nSPS) is 11.0. The summed E-state index contributed by atoms with van der Waals surface area (Å²) in [7, 11) is 0. The average Bonchev–Trinajstić information content (AvgIpc) is 2.88. The minimum atomic E-state index is -0.251. The van der Waals surface area contributed by atoms with E-state index in [0.717, 1.165) is 34.2 Å². The standard InChI is InChI=1S/C19H18ClNO2/c1-4-13-8-5-7-11(2)16(13)21-19(22)17-12(3)14-9-6-10-15(20)18(14)23-17/h5-10H,4H2,1-3H3,(H,21,22). The largest absolute Gasteiger partial charge is 0.449 e. The molecule has 1 heterocycles. The van der Waals surface area contributed by atoms with Gasteiger partial charge >= 0.3 is 0 Å². The van der Waals surface area contributed by atoms with Gasteiger partial charge in [-0.1, -0.05) is 48.9 Å². The lowest BCUT2D eigenvalue weighted by Crippen LogP contribution is -2.14. The summed E-state index contributed by atoms with van der Waals surface area (Å²) in [4.78, 5) is 12.7. The Labute approximate surface area is 140 Å². The fourth-order valence-electron chi connectivity index (χ4n) is 2.80. The zero-order valence-electron chi connectivity index (χ0n) is 13.4.